The Hall–Kier alpha value is -10.3. The summed E-state index contributed by atoms with van der Waals surface area (Å²) in [6.07, 6.45) is 6.34. The summed E-state index contributed by atoms with van der Waals surface area (Å²) in [6.45, 7) is 9.17. The van der Waals surface area contributed by atoms with Gasteiger partial charge in [-0.1, -0.05) is 86.6 Å². The van der Waals surface area contributed by atoms with Crippen LogP contribution in [0.1, 0.15) is 123 Å². The van der Waals surface area contributed by atoms with E-state index in [0.717, 1.165) is 148 Å². The maximum atomic E-state index is 13.2. The van der Waals surface area contributed by atoms with Gasteiger partial charge >= 0.3 is 42.9 Å². The lowest BCUT2D eigenvalue weighted by atomic mass is 9.92. The molecule has 0 saturated carbocycles. The number of carboxylic acids is 2. The van der Waals surface area contributed by atoms with Crippen LogP contribution in [0.25, 0.3) is 0 Å². The molecule has 534 valence electrons. The molecule has 3 fully saturated rings. The summed E-state index contributed by atoms with van der Waals surface area (Å²) in [4.78, 5) is 102. The number of carboxylic acid groups (broad SMARTS) is 3. The van der Waals surface area contributed by atoms with Crippen LogP contribution in [-0.4, -0.2) is 170 Å². The number of aryl methyl sites for hydroxylation is 2. The summed E-state index contributed by atoms with van der Waals surface area (Å²) in [6, 6.07) is 25.4. The Kier molecular flexibility index (Phi) is 28.3. The lowest BCUT2D eigenvalue weighted by Gasteiger charge is -2.34. The number of rotatable bonds is 18. The molecule has 0 bridgehead atoms. The number of anilines is 6. The van der Waals surface area contributed by atoms with Crippen molar-refractivity contribution < 1.29 is 84.6 Å². The number of benzene rings is 2. The smallest absolute Gasteiger partial charge is 0.483 e. The van der Waals surface area contributed by atoms with Crippen molar-refractivity contribution in [1.29, 1.82) is 0 Å². The van der Waals surface area contributed by atoms with Gasteiger partial charge in [0.05, 0.1) is 0 Å². The average Bonchev–Trinajstić information content (AvgIpc) is 1.70. The van der Waals surface area contributed by atoms with Gasteiger partial charge in [-0.3, -0.25) is 9.69 Å². The molecule has 0 radical (unpaired) electrons. The van der Waals surface area contributed by atoms with Gasteiger partial charge in [-0.25, -0.2) is 53.9 Å². The average molecular weight is 1390 g/mol. The van der Waals surface area contributed by atoms with Crippen molar-refractivity contribution in [3.05, 3.63) is 142 Å². The van der Waals surface area contributed by atoms with E-state index in [4.69, 9.17) is 44.0 Å². The normalized spacial score (nSPS) is 16.5. The summed E-state index contributed by atoms with van der Waals surface area (Å²) >= 11 is 0. The molecule has 4 aromatic heterocycles. The monoisotopic (exact) mass is 1390 g/mol. The van der Waals surface area contributed by atoms with Crippen molar-refractivity contribution in [1.82, 2.24) is 40.1 Å². The molecule has 8 N–H and O–H groups in total. The predicted octanol–water partition coefficient (Wildman–Crippen LogP) is 10.4. The Labute approximate surface area is 567 Å². The zero-order valence-corrected chi connectivity index (χ0v) is 55.2. The molecule has 0 aliphatic carbocycles. The number of amides is 2. The highest BCUT2D eigenvalue weighted by Crippen LogP contribution is 2.37. The zero-order chi connectivity index (χ0) is 71.7. The van der Waals surface area contributed by atoms with Gasteiger partial charge in [0.15, 0.2) is 11.8 Å². The second kappa shape index (κ2) is 36.9. The summed E-state index contributed by atoms with van der Waals surface area (Å²) in [5, 5.41) is 39.5. The van der Waals surface area contributed by atoms with Crippen LogP contribution in [0.2, 0.25) is 0 Å². The van der Waals surface area contributed by atoms with Crippen LogP contribution in [0.4, 0.5) is 70.8 Å². The lowest BCUT2D eigenvalue weighted by molar-refractivity contribution is -0.192. The summed E-state index contributed by atoms with van der Waals surface area (Å²) in [5.74, 6) is 1.44. The maximum absolute atomic E-state index is 13.2. The van der Waals surface area contributed by atoms with Crippen molar-refractivity contribution in [2.75, 3.05) is 83.4 Å². The number of alkyl halides is 6. The Morgan fingerprint density at radius 2 is 1.13 bits per heavy atom. The highest BCUT2D eigenvalue weighted by molar-refractivity contribution is 5.86. The third-order valence-corrected chi connectivity index (χ3v) is 16.7. The molecule has 26 nitrogen and oxygen atoms in total. The number of pyridine rings is 2. The minimum absolute atomic E-state index is 0.0534. The Morgan fingerprint density at radius 1 is 0.697 bits per heavy atom. The second-order valence-corrected chi connectivity index (χ2v) is 23.6. The number of piperidine rings is 2. The number of nitrogens with zero attached hydrogens (tertiary/aromatic N) is 9. The predicted molar refractivity (Wildman–Crippen MR) is 353 cm³/mol. The van der Waals surface area contributed by atoms with E-state index in [1.54, 1.807) is 20.2 Å². The van der Waals surface area contributed by atoms with Crippen LogP contribution in [-0.2, 0) is 72.3 Å². The number of hydrogen-bond donors (Lipinski definition) is 8. The minimum Gasteiger partial charge on any atom is -0.483 e. The third-order valence-electron chi connectivity index (χ3n) is 16.7. The number of aliphatic carboxylic acids is 2. The van der Waals surface area contributed by atoms with Gasteiger partial charge in [0, 0.05) is 86.7 Å². The first-order valence-electron chi connectivity index (χ1n) is 32.3. The minimum atomic E-state index is -5.08. The topological polar surface area (TPSA) is 338 Å². The first kappa shape index (κ1) is 76.1. The van der Waals surface area contributed by atoms with Gasteiger partial charge < -0.3 is 65.9 Å². The number of carbonyl (C=O) groups is 6. The van der Waals surface area contributed by atoms with E-state index in [1.165, 1.54) is 22.4 Å². The number of ether oxygens (including phenoxy) is 3. The highest BCUT2D eigenvalue weighted by atomic mass is 19.4. The van der Waals surface area contributed by atoms with E-state index < -0.39 is 60.8 Å². The molecule has 9 heterocycles. The van der Waals surface area contributed by atoms with Crippen LogP contribution < -0.4 is 36.4 Å². The van der Waals surface area contributed by atoms with Crippen LogP contribution in [0.5, 0.6) is 0 Å². The number of carbonyl (C=O) groups excluding carboxylic acids is 3. The van der Waals surface area contributed by atoms with Gasteiger partial charge in [0.2, 0.25) is 0 Å². The van der Waals surface area contributed by atoms with Crippen molar-refractivity contribution in [2.45, 2.75) is 148 Å². The van der Waals surface area contributed by atoms with E-state index >= 15 is 0 Å². The van der Waals surface area contributed by atoms with Crippen LogP contribution in [0.15, 0.2) is 97.6 Å². The molecule has 11 rings (SSSR count). The number of hydrogen-bond acceptors (Lipinski definition) is 21. The molecule has 6 aromatic rings. The molecular weight excluding hydrogens is 1310 g/mol. The molecule has 2 aromatic carbocycles. The van der Waals surface area contributed by atoms with E-state index in [9.17, 15) is 50.6 Å². The summed E-state index contributed by atoms with van der Waals surface area (Å²) in [7, 11) is 0. The van der Waals surface area contributed by atoms with Crippen LogP contribution in [0.3, 0.4) is 0 Å². The van der Waals surface area contributed by atoms with Crippen molar-refractivity contribution in [2.24, 2.45) is 0 Å². The van der Waals surface area contributed by atoms with E-state index in [1.807, 2.05) is 67.6 Å². The van der Waals surface area contributed by atoms with Gasteiger partial charge in [0.25, 0.3) is 6.47 Å². The number of esters is 1. The molecule has 3 saturated heterocycles. The summed E-state index contributed by atoms with van der Waals surface area (Å²) in [5.41, 5.74) is 7.35. The fourth-order valence-electron chi connectivity index (χ4n) is 11.9. The first-order chi connectivity index (χ1) is 47.4. The number of fused-ring (bicyclic) bond motifs is 2. The summed E-state index contributed by atoms with van der Waals surface area (Å²) < 4.78 is 77.1. The molecule has 32 heteroatoms. The molecule has 5 aliphatic rings. The number of nitrogens with one attached hydrogen (secondary N) is 5. The standard InChI is InChI=1S/C33H41N7O4.C30H37N7O4.C2HF3O2.CHF3.CH2O2/c1-4-25-29(35-19-27-31(41)44-33(2,3)40(27)32(42)43-20-22-9-6-5-7-10-22)36-21-37-30(25)39-17-14-23(15-18-39)26-13-12-24-11-8-16-34-28(24)38-26;1-2-23-27(32-17-25(29(38)39)36-30(40)41-18-20-7-4-3-5-8-20)33-19-34-28(23)37-15-12-21(13-16-37)24-11-10-22-9-6-14-31-26(22)35-24;3-2(4,5)1(6)7;2-1(3)4;2-1-3/h5-7,9-10,12-13,21,23,27H,4,8,11,14-20H2,1-3H3,(H,34,38)(H,35,36,37);3-5,7-8,10-11,19,21,25H,2,6,9,12-18H2,1H3,(H,31,35)(H,36,40)(H,38,39)(H,32,33,34);(H,6,7);1H;1H,(H,2,3)/t27-;25-;;;/m11.../s1. The highest BCUT2D eigenvalue weighted by Gasteiger charge is 2.51. The number of alkyl carbamates (subject to hydrolysis) is 1. The first-order valence-corrected chi connectivity index (χ1v) is 32.3. The Bertz CT molecular complexity index is 3630. The Balaban J connectivity index is 0.000000234. The van der Waals surface area contributed by atoms with E-state index in [-0.39, 0.29) is 32.8 Å². The quantitative estimate of drug-likeness (QED) is 0.0172. The fraction of sp³-hybridized carbons (Fsp3) is 0.463. The van der Waals surface area contributed by atoms with Crippen molar-refractivity contribution >= 4 is 71.5 Å². The van der Waals surface area contributed by atoms with Crippen LogP contribution in [0, 0.1) is 0 Å². The van der Waals surface area contributed by atoms with Gasteiger partial charge in [-0.15, -0.1) is 0 Å². The largest absolute Gasteiger partial charge is 0.490 e. The number of cyclic esters (lactones) is 1. The van der Waals surface area contributed by atoms with E-state index in [2.05, 4.69) is 87.5 Å². The van der Waals surface area contributed by atoms with Crippen molar-refractivity contribution in [3.63, 3.8) is 0 Å². The fourth-order valence-corrected chi connectivity index (χ4v) is 11.9. The number of halogens is 6. The second-order valence-electron chi connectivity index (χ2n) is 23.6. The molecule has 2 atom stereocenters. The van der Waals surface area contributed by atoms with Crippen molar-refractivity contribution in [3.8, 4) is 0 Å². The Morgan fingerprint density at radius 3 is 1.56 bits per heavy atom. The molecule has 0 unspecified atom stereocenters. The zero-order valence-electron chi connectivity index (χ0n) is 55.2. The van der Waals surface area contributed by atoms with E-state index in [0.29, 0.717) is 36.3 Å². The van der Waals surface area contributed by atoms with Crippen LogP contribution >= 0.6 is 0 Å². The van der Waals surface area contributed by atoms with Gasteiger partial charge in [0.1, 0.15) is 66.8 Å². The molecule has 2 amide bonds. The third kappa shape index (κ3) is 22.1. The SMILES string of the molecule is CCc1c(NC[C@@H](NC(=O)OCc2ccccc2)C(=O)O)ncnc1N1CCC(c2ccc3c(n2)NCCC3)CC1.CCc1c(NC[C@@H]2C(=O)OC(C)(C)N2C(=O)OCc2ccccc2)ncnc1N1CCC(c2ccc3c(n2)NCCC3)CC1.FC(F)F.O=C(O)C(F)(F)F.O=CO. The number of aromatic nitrogens is 6. The van der Waals surface area contributed by atoms with Gasteiger partial charge in [-0.2, -0.15) is 26.3 Å². The van der Waals surface area contributed by atoms with Gasteiger partial charge in [-0.05, 0) is 112 Å². The lowest BCUT2D eigenvalue weighted by Crippen LogP contribution is -2.50. The molecule has 0 spiro atoms. The molecule has 99 heavy (non-hydrogen) atoms. The molecular formula is C67H82F6N14O12. The molecule has 5 aliphatic heterocycles. The maximum Gasteiger partial charge on any atom is 0.490 e.